The molecule has 0 aliphatic carbocycles. The van der Waals surface area contributed by atoms with E-state index in [0.717, 1.165) is 26.4 Å². The van der Waals surface area contributed by atoms with Gasteiger partial charge in [0.15, 0.2) is 5.15 Å². The fourth-order valence-corrected chi connectivity index (χ4v) is 3.02. The third-order valence-electron chi connectivity index (χ3n) is 2.86. The van der Waals surface area contributed by atoms with Crippen LogP contribution in [0, 0.1) is 0 Å². The molecule has 100 valence electrons. The van der Waals surface area contributed by atoms with E-state index in [1.54, 1.807) is 18.9 Å². The molecule has 0 aliphatic heterocycles. The Balaban J connectivity index is 2.04. The van der Waals surface area contributed by atoms with E-state index in [-0.39, 0.29) is 0 Å². The van der Waals surface area contributed by atoms with Crippen LogP contribution in [0.2, 0.25) is 5.15 Å². The Kier molecular flexibility index (Phi) is 3.76. The van der Waals surface area contributed by atoms with Crippen LogP contribution in [0.25, 0.3) is 10.8 Å². The standard InChI is InChI=1S/C15H11ClN2OS/c1-19-10-5-4-6-11(9-10)20-15-13-8-3-2-7-12(13)14(16)17-18-15/h2-9H,1H3. The summed E-state index contributed by atoms with van der Waals surface area (Å²) in [6.45, 7) is 0. The number of methoxy groups -OCH3 is 1. The molecule has 5 heteroatoms. The van der Waals surface area contributed by atoms with Gasteiger partial charge in [-0.2, -0.15) is 0 Å². The van der Waals surface area contributed by atoms with Crippen molar-refractivity contribution < 1.29 is 4.74 Å². The third-order valence-corrected chi connectivity index (χ3v) is 4.13. The van der Waals surface area contributed by atoms with Crippen LogP contribution in [0.15, 0.2) is 58.5 Å². The lowest BCUT2D eigenvalue weighted by molar-refractivity contribution is 0.413. The zero-order chi connectivity index (χ0) is 13.9. The lowest BCUT2D eigenvalue weighted by Crippen LogP contribution is -1.90. The SMILES string of the molecule is COc1cccc(Sc2nnc(Cl)c3ccccc23)c1. The molecule has 0 amide bonds. The van der Waals surface area contributed by atoms with Crippen LogP contribution < -0.4 is 4.74 Å². The monoisotopic (exact) mass is 302 g/mol. The van der Waals surface area contributed by atoms with Gasteiger partial charge in [-0.15, -0.1) is 10.2 Å². The van der Waals surface area contributed by atoms with E-state index < -0.39 is 0 Å². The van der Waals surface area contributed by atoms with Crippen molar-refractivity contribution in [1.29, 1.82) is 0 Å². The first-order valence-electron chi connectivity index (χ1n) is 6.01. The van der Waals surface area contributed by atoms with Gasteiger partial charge in [-0.25, -0.2) is 0 Å². The molecule has 3 rings (SSSR count). The van der Waals surface area contributed by atoms with E-state index in [1.807, 2.05) is 48.5 Å². The van der Waals surface area contributed by atoms with Crippen molar-refractivity contribution in [2.24, 2.45) is 0 Å². The number of rotatable bonds is 3. The molecule has 1 heterocycles. The van der Waals surface area contributed by atoms with Gasteiger partial charge in [0, 0.05) is 15.7 Å². The van der Waals surface area contributed by atoms with Crippen molar-refractivity contribution in [3.63, 3.8) is 0 Å². The molecule has 0 bridgehead atoms. The molecule has 0 saturated heterocycles. The van der Waals surface area contributed by atoms with Gasteiger partial charge in [0.25, 0.3) is 0 Å². The Morgan fingerprint density at radius 2 is 1.80 bits per heavy atom. The quantitative estimate of drug-likeness (QED) is 0.716. The zero-order valence-electron chi connectivity index (χ0n) is 10.7. The molecular weight excluding hydrogens is 292 g/mol. The highest BCUT2D eigenvalue weighted by Crippen LogP contribution is 2.34. The zero-order valence-corrected chi connectivity index (χ0v) is 12.3. The van der Waals surface area contributed by atoms with E-state index in [9.17, 15) is 0 Å². The molecule has 0 atom stereocenters. The molecule has 1 aromatic heterocycles. The molecule has 0 aliphatic rings. The minimum Gasteiger partial charge on any atom is -0.497 e. The van der Waals surface area contributed by atoms with Gasteiger partial charge >= 0.3 is 0 Å². The van der Waals surface area contributed by atoms with Gasteiger partial charge in [0.1, 0.15) is 10.8 Å². The largest absolute Gasteiger partial charge is 0.497 e. The van der Waals surface area contributed by atoms with Crippen molar-refractivity contribution in [1.82, 2.24) is 10.2 Å². The number of aromatic nitrogens is 2. The highest BCUT2D eigenvalue weighted by Gasteiger charge is 2.09. The van der Waals surface area contributed by atoms with Crippen molar-refractivity contribution in [3.05, 3.63) is 53.7 Å². The van der Waals surface area contributed by atoms with E-state index in [2.05, 4.69) is 10.2 Å². The summed E-state index contributed by atoms with van der Waals surface area (Å²) in [5, 5.41) is 11.4. The molecule has 2 aromatic carbocycles. The Hall–Kier alpha value is -1.78. The molecule has 0 saturated carbocycles. The van der Waals surface area contributed by atoms with Gasteiger partial charge in [-0.3, -0.25) is 0 Å². The van der Waals surface area contributed by atoms with Crippen LogP contribution in [0.1, 0.15) is 0 Å². The summed E-state index contributed by atoms with van der Waals surface area (Å²) in [7, 11) is 1.65. The average molecular weight is 303 g/mol. The summed E-state index contributed by atoms with van der Waals surface area (Å²) in [4.78, 5) is 1.05. The maximum Gasteiger partial charge on any atom is 0.159 e. The minimum absolute atomic E-state index is 0.426. The molecule has 20 heavy (non-hydrogen) atoms. The molecule has 0 spiro atoms. The van der Waals surface area contributed by atoms with Crippen molar-refractivity contribution in [3.8, 4) is 5.75 Å². The number of hydrogen-bond acceptors (Lipinski definition) is 4. The molecule has 3 nitrogen and oxygen atoms in total. The highest BCUT2D eigenvalue weighted by atomic mass is 35.5. The number of hydrogen-bond donors (Lipinski definition) is 0. The second-order valence-electron chi connectivity index (χ2n) is 4.12. The van der Waals surface area contributed by atoms with E-state index >= 15 is 0 Å². The van der Waals surface area contributed by atoms with Gasteiger partial charge in [0.2, 0.25) is 0 Å². The Morgan fingerprint density at radius 3 is 2.60 bits per heavy atom. The molecule has 0 radical (unpaired) electrons. The summed E-state index contributed by atoms with van der Waals surface area (Å²) < 4.78 is 5.23. The lowest BCUT2D eigenvalue weighted by Gasteiger charge is -2.06. The van der Waals surface area contributed by atoms with Crippen molar-refractivity contribution in [2.75, 3.05) is 7.11 Å². The summed E-state index contributed by atoms with van der Waals surface area (Å²) in [5.74, 6) is 0.821. The average Bonchev–Trinajstić information content (AvgIpc) is 2.51. The lowest BCUT2D eigenvalue weighted by atomic mass is 10.2. The van der Waals surface area contributed by atoms with E-state index in [0.29, 0.717) is 5.15 Å². The van der Waals surface area contributed by atoms with Crippen molar-refractivity contribution >= 4 is 34.1 Å². The third kappa shape index (κ3) is 2.57. The Labute approximate surface area is 125 Å². The maximum absolute atomic E-state index is 6.08. The van der Waals surface area contributed by atoms with E-state index in [1.165, 1.54) is 0 Å². The first kappa shape index (κ1) is 13.2. The smallest absolute Gasteiger partial charge is 0.159 e. The number of ether oxygens (including phenoxy) is 1. The second-order valence-corrected chi connectivity index (χ2v) is 5.54. The van der Waals surface area contributed by atoms with Gasteiger partial charge in [0.05, 0.1) is 7.11 Å². The fraction of sp³-hybridized carbons (Fsp3) is 0.0667. The van der Waals surface area contributed by atoms with Gasteiger partial charge in [-0.05, 0) is 18.2 Å². The van der Waals surface area contributed by atoms with Gasteiger partial charge < -0.3 is 4.74 Å². The minimum atomic E-state index is 0.426. The summed E-state index contributed by atoms with van der Waals surface area (Å²) >= 11 is 7.62. The van der Waals surface area contributed by atoms with Crippen LogP contribution in [0.4, 0.5) is 0 Å². The summed E-state index contributed by atoms with van der Waals surface area (Å²) in [6.07, 6.45) is 0. The van der Waals surface area contributed by atoms with Crippen LogP contribution in [0.3, 0.4) is 0 Å². The number of nitrogens with zero attached hydrogens (tertiary/aromatic N) is 2. The normalized spacial score (nSPS) is 10.7. The number of fused-ring (bicyclic) bond motifs is 1. The van der Waals surface area contributed by atoms with Gasteiger partial charge in [-0.1, -0.05) is 53.7 Å². The summed E-state index contributed by atoms with van der Waals surface area (Å²) in [5.41, 5.74) is 0. The first-order valence-corrected chi connectivity index (χ1v) is 7.20. The van der Waals surface area contributed by atoms with E-state index in [4.69, 9.17) is 16.3 Å². The van der Waals surface area contributed by atoms with Crippen LogP contribution >= 0.6 is 23.4 Å². The predicted octanol–water partition coefficient (Wildman–Crippen LogP) is 4.44. The molecule has 0 N–H and O–H groups in total. The number of halogens is 1. The Bertz CT molecular complexity index is 764. The topological polar surface area (TPSA) is 35.0 Å². The highest BCUT2D eigenvalue weighted by molar-refractivity contribution is 7.99. The van der Waals surface area contributed by atoms with Crippen LogP contribution in [0.5, 0.6) is 5.75 Å². The molecule has 3 aromatic rings. The Morgan fingerprint density at radius 1 is 1.00 bits per heavy atom. The predicted molar refractivity (Wildman–Crippen MR) is 81.7 cm³/mol. The molecule has 0 unspecified atom stereocenters. The summed E-state index contributed by atoms with van der Waals surface area (Å²) in [6, 6.07) is 15.7. The second kappa shape index (κ2) is 5.69. The maximum atomic E-state index is 6.08. The van der Waals surface area contributed by atoms with Crippen LogP contribution in [-0.4, -0.2) is 17.3 Å². The first-order chi connectivity index (χ1) is 9.78. The fourth-order valence-electron chi connectivity index (χ4n) is 1.90. The van der Waals surface area contributed by atoms with Crippen molar-refractivity contribution in [2.45, 2.75) is 9.92 Å². The molecule has 0 fully saturated rings. The molecular formula is C15H11ClN2OS. The number of benzene rings is 2. The van der Waals surface area contributed by atoms with Crippen LogP contribution in [-0.2, 0) is 0 Å².